The molecule has 0 aromatic heterocycles. The number of ether oxygens (including phenoxy) is 1. The molecule has 1 rings (SSSR count). The van der Waals surface area contributed by atoms with Gasteiger partial charge in [-0.25, -0.2) is 0 Å². The molecule has 0 aliphatic carbocycles. The van der Waals surface area contributed by atoms with Gasteiger partial charge in [0.25, 0.3) is 0 Å². The first-order valence-corrected chi connectivity index (χ1v) is 7.00. The molecule has 4 heteroatoms. The maximum Gasteiger partial charge on any atom is 0.220 e. The van der Waals surface area contributed by atoms with E-state index < -0.39 is 0 Å². The Hall–Kier alpha value is -0.610. The molecule has 0 saturated carbocycles. The minimum Gasteiger partial charge on any atom is -0.376 e. The number of nitrogens with two attached hydrogens (primary N) is 1. The van der Waals surface area contributed by atoms with E-state index in [1.165, 1.54) is 0 Å². The van der Waals surface area contributed by atoms with Crippen LogP contribution < -0.4 is 11.1 Å². The second kappa shape index (κ2) is 6.53. The average molecular weight is 256 g/mol. The van der Waals surface area contributed by atoms with Gasteiger partial charge in [-0.3, -0.25) is 4.79 Å². The highest BCUT2D eigenvalue weighted by atomic mass is 16.5. The molecule has 0 aromatic carbocycles. The van der Waals surface area contributed by atoms with Crippen LogP contribution >= 0.6 is 0 Å². The molecule has 1 amide bonds. The van der Waals surface area contributed by atoms with Gasteiger partial charge < -0.3 is 15.8 Å². The van der Waals surface area contributed by atoms with Crippen molar-refractivity contribution in [2.24, 2.45) is 17.6 Å². The molecule has 1 aliphatic heterocycles. The molecule has 0 spiro atoms. The third-order valence-electron chi connectivity index (χ3n) is 3.92. The van der Waals surface area contributed by atoms with Crippen molar-refractivity contribution in [3.63, 3.8) is 0 Å². The Labute approximate surface area is 111 Å². The lowest BCUT2D eigenvalue weighted by Gasteiger charge is -2.29. The maximum absolute atomic E-state index is 12.1. The van der Waals surface area contributed by atoms with Gasteiger partial charge in [-0.15, -0.1) is 0 Å². The first-order valence-electron chi connectivity index (χ1n) is 7.00. The molecule has 1 saturated heterocycles. The van der Waals surface area contributed by atoms with Gasteiger partial charge >= 0.3 is 0 Å². The van der Waals surface area contributed by atoms with E-state index in [4.69, 9.17) is 10.5 Å². The first kappa shape index (κ1) is 15.4. The Kier molecular flexibility index (Phi) is 5.60. The first-order chi connectivity index (χ1) is 8.37. The number of carbonyl (C=O) groups excluding carboxylic acids is 1. The van der Waals surface area contributed by atoms with E-state index in [1.54, 1.807) is 0 Å². The van der Waals surface area contributed by atoms with Crippen LogP contribution in [0.15, 0.2) is 0 Å². The molecule has 18 heavy (non-hydrogen) atoms. The monoisotopic (exact) mass is 256 g/mol. The number of rotatable bonds is 6. The summed E-state index contributed by atoms with van der Waals surface area (Å²) in [5.41, 5.74) is 5.52. The van der Waals surface area contributed by atoms with Gasteiger partial charge in [0.1, 0.15) is 0 Å². The minimum absolute atomic E-state index is 0.0860. The van der Waals surface area contributed by atoms with Crippen LogP contribution in [0.4, 0.5) is 0 Å². The molecule has 0 bridgehead atoms. The number of hydrogen-bond donors (Lipinski definition) is 2. The fraction of sp³-hybridized carbons (Fsp3) is 0.929. The molecule has 106 valence electrons. The number of amides is 1. The maximum atomic E-state index is 12.1. The fourth-order valence-electron chi connectivity index (χ4n) is 2.56. The minimum atomic E-state index is -0.214. The molecule has 4 nitrogen and oxygen atoms in total. The molecule has 0 radical (unpaired) electrons. The van der Waals surface area contributed by atoms with Crippen molar-refractivity contribution in [2.75, 3.05) is 13.2 Å². The van der Waals surface area contributed by atoms with Gasteiger partial charge in [0.2, 0.25) is 5.91 Å². The third kappa shape index (κ3) is 4.25. The Balaban J connectivity index is 2.45. The summed E-state index contributed by atoms with van der Waals surface area (Å²) in [5.74, 6) is 0.966. The van der Waals surface area contributed by atoms with Crippen LogP contribution in [0.2, 0.25) is 0 Å². The summed E-state index contributed by atoms with van der Waals surface area (Å²) >= 11 is 0. The smallest absolute Gasteiger partial charge is 0.220 e. The summed E-state index contributed by atoms with van der Waals surface area (Å²) in [7, 11) is 0. The van der Waals surface area contributed by atoms with Gasteiger partial charge in [0.05, 0.1) is 11.6 Å². The second-order valence-corrected chi connectivity index (χ2v) is 6.16. The van der Waals surface area contributed by atoms with E-state index in [2.05, 4.69) is 26.1 Å². The highest BCUT2D eigenvalue weighted by Crippen LogP contribution is 2.25. The highest BCUT2D eigenvalue weighted by molar-refractivity contribution is 5.77. The van der Waals surface area contributed by atoms with Gasteiger partial charge in [-0.1, -0.05) is 13.8 Å². The molecular weight excluding hydrogens is 228 g/mol. The lowest BCUT2D eigenvalue weighted by molar-refractivity contribution is -0.124. The molecule has 1 fully saturated rings. The van der Waals surface area contributed by atoms with Crippen molar-refractivity contribution in [3.8, 4) is 0 Å². The molecule has 3 N–H and O–H groups in total. The second-order valence-electron chi connectivity index (χ2n) is 6.16. The van der Waals surface area contributed by atoms with Crippen LogP contribution in [0, 0.1) is 11.8 Å². The standard InChI is InChI=1S/C14H28N2O2/c1-10(2)7-12(9-15)8-13(17)16-14(4)5-6-18-11(14)3/h10-12H,5-9,15H2,1-4H3,(H,16,17)/t11?,12-,14?/m0/s1. The molecule has 0 aromatic rings. The normalized spacial score (nSPS) is 29.6. The predicted octanol–water partition coefficient (Wildman–Crippen LogP) is 1.68. The number of hydrogen-bond acceptors (Lipinski definition) is 3. The predicted molar refractivity (Wildman–Crippen MR) is 73.2 cm³/mol. The van der Waals surface area contributed by atoms with Crippen molar-refractivity contribution in [3.05, 3.63) is 0 Å². The van der Waals surface area contributed by atoms with E-state index in [-0.39, 0.29) is 23.5 Å². The van der Waals surface area contributed by atoms with Crippen molar-refractivity contribution >= 4 is 5.91 Å². The molecule has 2 unspecified atom stereocenters. The zero-order valence-electron chi connectivity index (χ0n) is 12.2. The van der Waals surface area contributed by atoms with Gasteiger partial charge in [-0.05, 0) is 45.1 Å². The van der Waals surface area contributed by atoms with Crippen molar-refractivity contribution in [1.82, 2.24) is 5.32 Å². The van der Waals surface area contributed by atoms with E-state index in [1.807, 2.05) is 6.92 Å². The van der Waals surface area contributed by atoms with Gasteiger partial charge in [0.15, 0.2) is 0 Å². The third-order valence-corrected chi connectivity index (χ3v) is 3.92. The van der Waals surface area contributed by atoms with E-state index in [0.717, 1.165) is 19.4 Å². The van der Waals surface area contributed by atoms with Crippen LogP contribution in [0.5, 0.6) is 0 Å². The van der Waals surface area contributed by atoms with Gasteiger partial charge in [-0.2, -0.15) is 0 Å². The van der Waals surface area contributed by atoms with Crippen LogP contribution in [0.25, 0.3) is 0 Å². The zero-order valence-corrected chi connectivity index (χ0v) is 12.2. The van der Waals surface area contributed by atoms with Crippen LogP contribution in [-0.4, -0.2) is 30.7 Å². The van der Waals surface area contributed by atoms with Crippen molar-refractivity contribution < 1.29 is 9.53 Å². The molecule has 1 heterocycles. The zero-order chi connectivity index (χ0) is 13.8. The topological polar surface area (TPSA) is 64.4 Å². The Morgan fingerprint density at radius 2 is 2.22 bits per heavy atom. The van der Waals surface area contributed by atoms with Crippen molar-refractivity contribution in [2.45, 2.75) is 58.6 Å². The largest absolute Gasteiger partial charge is 0.376 e. The summed E-state index contributed by atoms with van der Waals surface area (Å²) in [5, 5.41) is 3.12. The van der Waals surface area contributed by atoms with Crippen LogP contribution in [0.1, 0.15) is 47.0 Å². The Bertz CT molecular complexity index is 281. The van der Waals surface area contributed by atoms with Gasteiger partial charge in [0, 0.05) is 13.0 Å². The average Bonchev–Trinajstić information content (AvgIpc) is 2.57. The lowest BCUT2D eigenvalue weighted by atomic mass is 9.91. The number of carbonyl (C=O) groups is 1. The molecule has 3 atom stereocenters. The summed E-state index contributed by atoms with van der Waals surface area (Å²) in [6, 6.07) is 0. The van der Waals surface area contributed by atoms with Crippen LogP contribution in [0.3, 0.4) is 0 Å². The molecular formula is C14H28N2O2. The van der Waals surface area contributed by atoms with E-state index >= 15 is 0 Å². The summed E-state index contributed by atoms with van der Waals surface area (Å²) in [6.07, 6.45) is 2.50. The van der Waals surface area contributed by atoms with Crippen molar-refractivity contribution in [1.29, 1.82) is 0 Å². The van der Waals surface area contributed by atoms with E-state index in [9.17, 15) is 4.79 Å². The van der Waals surface area contributed by atoms with E-state index in [0.29, 0.717) is 18.9 Å². The SMILES string of the molecule is CC(C)C[C@H](CN)CC(=O)NC1(C)CCOC1C. The van der Waals surface area contributed by atoms with Crippen LogP contribution in [-0.2, 0) is 9.53 Å². The lowest BCUT2D eigenvalue weighted by Crippen LogP contribution is -2.51. The summed E-state index contributed by atoms with van der Waals surface area (Å²) < 4.78 is 5.53. The summed E-state index contributed by atoms with van der Waals surface area (Å²) in [4.78, 5) is 12.1. The molecule has 1 aliphatic rings. The fourth-order valence-corrected chi connectivity index (χ4v) is 2.56. The Morgan fingerprint density at radius 1 is 1.56 bits per heavy atom. The quantitative estimate of drug-likeness (QED) is 0.760. The Morgan fingerprint density at radius 3 is 2.67 bits per heavy atom. The summed E-state index contributed by atoms with van der Waals surface area (Å²) in [6.45, 7) is 9.70. The number of nitrogens with one attached hydrogen (secondary N) is 1. The highest BCUT2D eigenvalue weighted by Gasteiger charge is 2.38.